The van der Waals surface area contributed by atoms with E-state index in [1.54, 1.807) is 0 Å². The molecule has 1 fully saturated rings. The van der Waals surface area contributed by atoms with Crippen LogP contribution in [0.5, 0.6) is 0 Å². The van der Waals surface area contributed by atoms with Crippen molar-refractivity contribution in [1.29, 1.82) is 0 Å². The summed E-state index contributed by atoms with van der Waals surface area (Å²) in [4.78, 5) is 10.8. The molecule has 1 unspecified atom stereocenters. The van der Waals surface area contributed by atoms with Crippen molar-refractivity contribution in [3.63, 3.8) is 0 Å². The minimum atomic E-state index is -0.837. The Hall–Kier alpha value is 0.0900. The smallest absolute Gasteiger partial charge is 0.220 e. The van der Waals surface area contributed by atoms with E-state index in [1.807, 2.05) is 28.5 Å². The number of hydrogen-bond acceptors (Lipinski definition) is 5. The predicted molar refractivity (Wildman–Crippen MR) is 70.5 cm³/mol. The van der Waals surface area contributed by atoms with Crippen LogP contribution in [0.1, 0.15) is 26.2 Å². The first-order valence-electron chi connectivity index (χ1n) is 5.50. The quantitative estimate of drug-likeness (QED) is 0.649. The largest absolute Gasteiger partial charge is 0.394 e. The molecule has 1 atom stereocenters. The van der Waals surface area contributed by atoms with Crippen molar-refractivity contribution in [3.05, 3.63) is 0 Å². The van der Waals surface area contributed by atoms with Crippen molar-refractivity contribution in [2.45, 2.75) is 32.3 Å². The Kier molecular flexibility index (Phi) is 11.6. The van der Waals surface area contributed by atoms with Crippen molar-refractivity contribution in [3.8, 4) is 0 Å². The van der Waals surface area contributed by atoms with Gasteiger partial charge in [0.25, 0.3) is 0 Å². The fourth-order valence-corrected chi connectivity index (χ4v) is 3.26. The lowest BCUT2D eigenvalue weighted by Crippen LogP contribution is -2.33. The SMILES string of the molecule is C1CSSC1.CCCC(=O)NCC(O)CO. The second kappa shape index (κ2) is 11.6. The van der Waals surface area contributed by atoms with Crippen molar-refractivity contribution < 1.29 is 15.0 Å². The van der Waals surface area contributed by atoms with Gasteiger partial charge in [0.2, 0.25) is 5.91 Å². The van der Waals surface area contributed by atoms with Crippen molar-refractivity contribution in [2.24, 2.45) is 0 Å². The maximum absolute atomic E-state index is 10.8. The number of carbonyl (C=O) groups is 1. The maximum Gasteiger partial charge on any atom is 0.220 e. The number of carbonyl (C=O) groups excluding carboxylic acids is 1. The Morgan fingerprint density at radius 2 is 2.06 bits per heavy atom. The molecule has 0 saturated carbocycles. The Morgan fingerprint density at radius 3 is 2.44 bits per heavy atom. The van der Waals surface area contributed by atoms with Gasteiger partial charge in [-0.3, -0.25) is 4.79 Å². The number of aliphatic hydroxyl groups is 2. The second-order valence-corrected chi connectivity index (χ2v) is 6.09. The van der Waals surface area contributed by atoms with Gasteiger partial charge in [-0.2, -0.15) is 0 Å². The molecule has 3 N–H and O–H groups in total. The lowest BCUT2D eigenvalue weighted by Gasteiger charge is -2.07. The summed E-state index contributed by atoms with van der Waals surface area (Å²) in [6.07, 6.45) is 1.85. The molecule has 16 heavy (non-hydrogen) atoms. The van der Waals surface area contributed by atoms with E-state index in [1.165, 1.54) is 17.9 Å². The van der Waals surface area contributed by atoms with Gasteiger partial charge in [0.05, 0.1) is 12.7 Å². The topological polar surface area (TPSA) is 69.6 Å². The first-order valence-corrected chi connectivity index (χ1v) is 7.99. The summed E-state index contributed by atoms with van der Waals surface area (Å²) >= 11 is 0. The summed E-state index contributed by atoms with van der Waals surface area (Å²) in [5.74, 6) is 2.68. The highest BCUT2D eigenvalue weighted by atomic mass is 33.1. The summed E-state index contributed by atoms with van der Waals surface area (Å²) in [5.41, 5.74) is 0. The zero-order valence-electron chi connectivity index (χ0n) is 9.65. The minimum absolute atomic E-state index is 0.0833. The lowest BCUT2D eigenvalue weighted by molar-refractivity contribution is -0.121. The van der Waals surface area contributed by atoms with Gasteiger partial charge in [-0.15, -0.1) is 0 Å². The molecule has 0 spiro atoms. The Bertz CT molecular complexity index is 170. The Morgan fingerprint density at radius 1 is 1.44 bits per heavy atom. The summed E-state index contributed by atoms with van der Waals surface area (Å²) in [7, 11) is 3.98. The molecule has 1 rings (SSSR count). The zero-order chi connectivity index (χ0) is 12.2. The van der Waals surface area contributed by atoms with Gasteiger partial charge in [0, 0.05) is 24.5 Å². The molecule has 6 heteroatoms. The number of amides is 1. The average molecular weight is 267 g/mol. The fraction of sp³-hybridized carbons (Fsp3) is 0.900. The first-order chi connectivity index (χ1) is 7.70. The monoisotopic (exact) mass is 267 g/mol. The standard InChI is InChI=1S/C7H15NO3.C3H6S2/c1-2-3-7(11)8-4-6(10)5-9;1-2-4-5-3-1/h6,9-10H,2-5H2,1H3,(H,8,11);1-3H2. The molecule has 1 aliphatic rings. The van der Waals surface area contributed by atoms with E-state index in [2.05, 4.69) is 5.32 Å². The molecular weight excluding hydrogens is 246 g/mol. The Labute approximate surface area is 105 Å². The summed E-state index contributed by atoms with van der Waals surface area (Å²) < 4.78 is 0. The van der Waals surface area contributed by atoms with Crippen LogP contribution >= 0.6 is 21.6 Å². The predicted octanol–water partition coefficient (Wildman–Crippen LogP) is 1.03. The number of nitrogens with one attached hydrogen (secondary N) is 1. The van der Waals surface area contributed by atoms with Gasteiger partial charge >= 0.3 is 0 Å². The van der Waals surface area contributed by atoms with Crippen LogP contribution in [0.3, 0.4) is 0 Å². The fourth-order valence-electron chi connectivity index (χ4n) is 0.906. The maximum atomic E-state index is 10.8. The minimum Gasteiger partial charge on any atom is -0.394 e. The first kappa shape index (κ1) is 16.1. The molecule has 96 valence electrons. The molecule has 1 heterocycles. The van der Waals surface area contributed by atoms with Gasteiger partial charge in [0.1, 0.15) is 0 Å². The van der Waals surface area contributed by atoms with Crippen LogP contribution < -0.4 is 5.32 Å². The Balaban J connectivity index is 0.000000368. The highest BCUT2D eigenvalue weighted by Crippen LogP contribution is 2.29. The number of hydrogen-bond donors (Lipinski definition) is 3. The zero-order valence-corrected chi connectivity index (χ0v) is 11.3. The summed E-state index contributed by atoms with van der Waals surface area (Å²) in [5, 5.41) is 19.7. The second-order valence-electron chi connectivity index (χ2n) is 3.39. The van der Waals surface area contributed by atoms with Crippen molar-refractivity contribution in [1.82, 2.24) is 5.32 Å². The van der Waals surface area contributed by atoms with E-state index < -0.39 is 6.10 Å². The van der Waals surface area contributed by atoms with Crippen molar-refractivity contribution in [2.75, 3.05) is 24.7 Å². The van der Waals surface area contributed by atoms with Crippen LogP contribution in [-0.2, 0) is 4.79 Å². The molecule has 0 bridgehead atoms. The summed E-state index contributed by atoms with van der Waals surface area (Å²) in [6.45, 7) is 1.73. The van der Waals surface area contributed by atoms with E-state index in [9.17, 15) is 4.79 Å². The third kappa shape index (κ3) is 10.6. The van der Waals surface area contributed by atoms with Crippen LogP contribution in [0.2, 0.25) is 0 Å². The molecule has 0 aromatic carbocycles. The molecule has 0 aromatic heterocycles. The van der Waals surface area contributed by atoms with E-state index in [4.69, 9.17) is 10.2 Å². The molecule has 1 amide bonds. The number of rotatable bonds is 5. The molecule has 1 saturated heterocycles. The van der Waals surface area contributed by atoms with E-state index in [0.29, 0.717) is 6.42 Å². The van der Waals surface area contributed by atoms with Crippen LogP contribution in [0.4, 0.5) is 0 Å². The molecule has 0 aromatic rings. The van der Waals surface area contributed by atoms with Gasteiger partial charge in [-0.05, 0) is 12.8 Å². The van der Waals surface area contributed by atoms with E-state index >= 15 is 0 Å². The highest BCUT2D eigenvalue weighted by molar-refractivity contribution is 8.77. The molecule has 0 radical (unpaired) electrons. The highest BCUT2D eigenvalue weighted by Gasteiger charge is 2.03. The normalized spacial score (nSPS) is 16.2. The van der Waals surface area contributed by atoms with Crippen LogP contribution in [0, 0.1) is 0 Å². The summed E-state index contributed by atoms with van der Waals surface area (Å²) in [6, 6.07) is 0. The molecule has 4 nitrogen and oxygen atoms in total. The lowest BCUT2D eigenvalue weighted by atomic mass is 10.3. The van der Waals surface area contributed by atoms with Gasteiger partial charge in [-0.1, -0.05) is 28.5 Å². The molecule has 1 aliphatic heterocycles. The third-order valence-electron chi connectivity index (χ3n) is 1.76. The van der Waals surface area contributed by atoms with Crippen LogP contribution in [-0.4, -0.2) is 46.9 Å². The van der Waals surface area contributed by atoms with Crippen molar-refractivity contribution >= 4 is 27.5 Å². The van der Waals surface area contributed by atoms with E-state index in [0.717, 1.165) is 6.42 Å². The third-order valence-corrected chi connectivity index (χ3v) is 4.34. The van der Waals surface area contributed by atoms with Gasteiger partial charge < -0.3 is 15.5 Å². The van der Waals surface area contributed by atoms with Crippen LogP contribution in [0.25, 0.3) is 0 Å². The van der Waals surface area contributed by atoms with Gasteiger partial charge in [-0.25, -0.2) is 0 Å². The van der Waals surface area contributed by atoms with Gasteiger partial charge in [0.15, 0.2) is 0 Å². The average Bonchev–Trinajstić information content (AvgIpc) is 2.85. The van der Waals surface area contributed by atoms with E-state index in [-0.39, 0.29) is 19.1 Å². The molecular formula is C10H21NO3S2. The molecule has 0 aliphatic carbocycles. The number of aliphatic hydroxyl groups excluding tert-OH is 2. The van der Waals surface area contributed by atoms with Crippen LogP contribution in [0.15, 0.2) is 0 Å².